The van der Waals surface area contributed by atoms with Gasteiger partial charge in [-0.25, -0.2) is 4.79 Å². The van der Waals surface area contributed by atoms with Gasteiger partial charge in [0.15, 0.2) is 11.9 Å². The Kier molecular flexibility index (Phi) is 9.13. The van der Waals surface area contributed by atoms with Gasteiger partial charge < -0.3 is 24.1 Å². The molecule has 3 aromatic rings. The van der Waals surface area contributed by atoms with Crippen molar-refractivity contribution in [1.29, 1.82) is 0 Å². The fraction of sp³-hybridized carbons (Fsp3) is 0.500. The molecule has 2 N–H and O–H groups in total. The van der Waals surface area contributed by atoms with Crippen LogP contribution in [0.15, 0.2) is 47.1 Å². The van der Waals surface area contributed by atoms with Crippen LogP contribution in [0.3, 0.4) is 0 Å². The Morgan fingerprint density at radius 3 is 2.54 bits per heavy atom. The third kappa shape index (κ3) is 5.89. The minimum Gasteiger partial charge on any atom is -0.488 e. The first-order valence-corrected chi connectivity index (χ1v) is 14.0. The summed E-state index contributed by atoms with van der Waals surface area (Å²) in [6, 6.07) is 11.8. The van der Waals surface area contributed by atoms with Crippen molar-refractivity contribution in [2.24, 2.45) is 5.92 Å². The number of furan rings is 1. The largest absolute Gasteiger partial charge is 0.488 e. The van der Waals surface area contributed by atoms with Crippen LogP contribution in [0.4, 0.5) is 0 Å². The van der Waals surface area contributed by atoms with Gasteiger partial charge in [-0.15, -0.1) is 0 Å². The molecule has 1 fully saturated rings. The summed E-state index contributed by atoms with van der Waals surface area (Å²) in [7, 11) is 0. The van der Waals surface area contributed by atoms with Gasteiger partial charge >= 0.3 is 5.97 Å². The summed E-state index contributed by atoms with van der Waals surface area (Å²) in [5.41, 5.74) is 1.63. The van der Waals surface area contributed by atoms with Gasteiger partial charge in [0.1, 0.15) is 24.0 Å². The summed E-state index contributed by atoms with van der Waals surface area (Å²) in [6.45, 7) is 8.43. The van der Waals surface area contributed by atoms with Gasteiger partial charge in [0, 0.05) is 23.3 Å². The molecule has 2 aromatic carbocycles. The monoisotopic (exact) mass is 536 g/mol. The Balaban J connectivity index is 1.76. The van der Waals surface area contributed by atoms with Crippen LogP contribution in [0.25, 0.3) is 11.0 Å². The Morgan fingerprint density at radius 2 is 1.92 bits per heavy atom. The maximum Gasteiger partial charge on any atom is 0.341 e. The van der Waals surface area contributed by atoms with Crippen molar-refractivity contribution < 1.29 is 33.7 Å². The second-order valence-corrected chi connectivity index (χ2v) is 11.1. The van der Waals surface area contributed by atoms with Crippen molar-refractivity contribution in [2.45, 2.75) is 96.6 Å². The van der Waals surface area contributed by atoms with Gasteiger partial charge in [-0.3, -0.25) is 4.79 Å². The van der Waals surface area contributed by atoms with Crippen LogP contribution in [-0.4, -0.2) is 40.3 Å². The van der Waals surface area contributed by atoms with E-state index in [0.29, 0.717) is 48.7 Å². The van der Waals surface area contributed by atoms with Crippen molar-refractivity contribution in [3.8, 4) is 5.75 Å². The van der Waals surface area contributed by atoms with Crippen LogP contribution in [0.5, 0.6) is 5.75 Å². The van der Waals surface area contributed by atoms with Crippen LogP contribution in [0.2, 0.25) is 0 Å². The fourth-order valence-corrected chi connectivity index (χ4v) is 5.73. The van der Waals surface area contributed by atoms with E-state index in [1.165, 1.54) is 0 Å². The standard InChI is InChI=1S/C32H40O7/c1-5-10-23(27-16-28(34)32(36,13-6-2)31(35)39-27)26-19-38-30-24(26)15-22(14-20(3)4)29(25(30)17-33)37-18-21-11-8-7-9-12-21/h7-9,11-12,15,17,19-20,23,27-28,34,36H,5-6,10,13-14,16,18H2,1-4H3. The Morgan fingerprint density at radius 1 is 1.18 bits per heavy atom. The van der Waals surface area contributed by atoms with Crippen molar-refractivity contribution in [2.75, 3.05) is 0 Å². The van der Waals surface area contributed by atoms with E-state index in [4.69, 9.17) is 13.9 Å². The molecule has 2 heterocycles. The highest BCUT2D eigenvalue weighted by atomic mass is 16.6. The molecule has 39 heavy (non-hydrogen) atoms. The second-order valence-electron chi connectivity index (χ2n) is 11.1. The molecule has 210 valence electrons. The molecule has 1 saturated heterocycles. The normalized spacial score (nSPS) is 22.2. The molecular weight excluding hydrogens is 496 g/mol. The smallest absolute Gasteiger partial charge is 0.341 e. The van der Waals surface area contributed by atoms with Gasteiger partial charge in [-0.05, 0) is 42.4 Å². The lowest BCUT2D eigenvalue weighted by Crippen LogP contribution is -2.57. The Labute approximate surface area is 230 Å². The summed E-state index contributed by atoms with van der Waals surface area (Å²) >= 11 is 0. The van der Waals surface area contributed by atoms with Crippen molar-refractivity contribution in [3.05, 3.63) is 64.9 Å². The first-order chi connectivity index (χ1) is 18.7. The number of cyclic esters (lactones) is 1. The van der Waals surface area contributed by atoms with E-state index in [9.17, 15) is 19.8 Å². The van der Waals surface area contributed by atoms with Crippen LogP contribution < -0.4 is 4.74 Å². The maximum absolute atomic E-state index is 12.9. The van der Waals surface area contributed by atoms with Crippen molar-refractivity contribution in [3.63, 3.8) is 0 Å². The van der Waals surface area contributed by atoms with Gasteiger partial charge in [0.05, 0.1) is 17.9 Å². The number of hydrogen-bond donors (Lipinski definition) is 2. The summed E-state index contributed by atoms with van der Waals surface area (Å²) < 4.78 is 18.0. The molecular formula is C32H40O7. The molecule has 0 saturated carbocycles. The first-order valence-electron chi connectivity index (χ1n) is 14.0. The average molecular weight is 537 g/mol. The molecule has 1 aliphatic rings. The summed E-state index contributed by atoms with van der Waals surface area (Å²) in [4.78, 5) is 25.3. The van der Waals surface area contributed by atoms with Crippen LogP contribution >= 0.6 is 0 Å². The molecule has 7 heteroatoms. The Bertz CT molecular complexity index is 1280. The molecule has 4 rings (SSSR count). The molecule has 4 unspecified atom stereocenters. The van der Waals surface area contributed by atoms with E-state index >= 15 is 0 Å². The van der Waals surface area contributed by atoms with E-state index in [1.807, 2.05) is 50.2 Å². The number of aldehydes is 1. The van der Waals surface area contributed by atoms with Gasteiger partial charge in [-0.2, -0.15) is 0 Å². The number of fused-ring (bicyclic) bond motifs is 1. The zero-order chi connectivity index (χ0) is 28.2. The van der Waals surface area contributed by atoms with E-state index < -0.39 is 23.8 Å². The van der Waals surface area contributed by atoms with Crippen LogP contribution in [-0.2, 0) is 22.6 Å². The second kappa shape index (κ2) is 12.3. The van der Waals surface area contributed by atoms with Gasteiger partial charge in [0.25, 0.3) is 0 Å². The van der Waals surface area contributed by atoms with E-state index in [1.54, 1.807) is 6.26 Å². The SMILES string of the molecule is CCCC(c1coc2c(C=O)c(OCc3ccccc3)c(CC(C)C)cc12)C1CC(O)C(O)(CCC)C(=O)O1. The number of rotatable bonds is 12. The van der Waals surface area contributed by atoms with Crippen molar-refractivity contribution >= 4 is 23.2 Å². The number of hydrogen-bond acceptors (Lipinski definition) is 7. The number of benzene rings is 2. The molecule has 7 nitrogen and oxygen atoms in total. The highest BCUT2D eigenvalue weighted by Crippen LogP contribution is 2.43. The summed E-state index contributed by atoms with van der Waals surface area (Å²) in [6.07, 6.45) is 3.54. The highest BCUT2D eigenvalue weighted by Gasteiger charge is 2.51. The first kappa shape index (κ1) is 28.8. The van der Waals surface area contributed by atoms with E-state index in [0.717, 1.165) is 34.8 Å². The van der Waals surface area contributed by atoms with Gasteiger partial charge in [0.2, 0.25) is 0 Å². The lowest BCUT2D eigenvalue weighted by molar-refractivity contribution is -0.206. The average Bonchev–Trinajstić information content (AvgIpc) is 3.32. The number of aliphatic hydroxyl groups is 2. The van der Waals surface area contributed by atoms with Gasteiger partial charge in [-0.1, -0.05) is 70.9 Å². The molecule has 0 spiro atoms. The Hall–Kier alpha value is -3.16. The predicted molar refractivity (Wildman–Crippen MR) is 149 cm³/mol. The minimum absolute atomic E-state index is 0.122. The zero-order valence-corrected chi connectivity index (χ0v) is 23.3. The molecule has 0 amide bonds. The predicted octanol–water partition coefficient (Wildman–Crippen LogP) is 6.11. The lowest BCUT2D eigenvalue weighted by Gasteiger charge is -2.41. The molecule has 4 atom stereocenters. The maximum atomic E-state index is 12.9. The van der Waals surface area contributed by atoms with Crippen LogP contribution in [0.1, 0.15) is 92.8 Å². The number of aliphatic hydroxyl groups excluding tert-OH is 1. The van der Waals surface area contributed by atoms with Crippen molar-refractivity contribution in [1.82, 2.24) is 0 Å². The number of esters is 1. The quantitative estimate of drug-likeness (QED) is 0.212. The highest BCUT2D eigenvalue weighted by molar-refractivity contribution is 6.00. The minimum atomic E-state index is -1.89. The zero-order valence-electron chi connectivity index (χ0n) is 23.3. The topological polar surface area (TPSA) is 106 Å². The number of carbonyl (C=O) groups is 2. The summed E-state index contributed by atoms with van der Waals surface area (Å²) in [5.74, 6) is -0.225. The third-order valence-corrected chi connectivity index (χ3v) is 7.63. The fourth-order valence-electron chi connectivity index (χ4n) is 5.73. The molecule has 0 aliphatic carbocycles. The molecule has 0 radical (unpaired) electrons. The van der Waals surface area contributed by atoms with Crippen LogP contribution in [0, 0.1) is 5.92 Å². The number of ether oxygens (including phenoxy) is 2. The lowest BCUT2D eigenvalue weighted by atomic mass is 9.79. The summed E-state index contributed by atoms with van der Waals surface area (Å²) in [5, 5.41) is 22.4. The molecule has 1 aliphatic heterocycles. The van der Waals surface area contributed by atoms with E-state index in [-0.39, 0.29) is 18.8 Å². The molecule has 1 aromatic heterocycles. The number of carbonyl (C=O) groups excluding carboxylic acids is 2. The van der Waals surface area contributed by atoms with E-state index in [2.05, 4.69) is 13.8 Å². The third-order valence-electron chi connectivity index (χ3n) is 7.63. The molecule has 0 bridgehead atoms.